The van der Waals surface area contributed by atoms with Crippen LogP contribution in [0.4, 0.5) is 0 Å². The molecule has 5 rings (SSSR count). The molecule has 3 aromatic carbocycles. The summed E-state index contributed by atoms with van der Waals surface area (Å²) in [5, 5.41) is 0.463. The van der Waals surface area contributed by atoms with Gasteiger partial charge in [0, 0.05) is 6.54 Å². The van der Waals surface area contributed by atoms with Crippen LogP contribution in [0.15, 0.2) is 94.7 Å². The van der Waals surface area contributed by atoms with Crippen LogP contribution in [-0.2, 0) is 6.54 Å². The fourth-order valence-electron chi connectivity index (χ4n) is 4.30. The second-order valence-corrected chi connectivity index (χ2v) is 8.16. The molecule has 0 fully saturated rings. The van der Waals surface area contributed by atoms with E-state index in [1.54, 1.807) is 35.2 Å². The summed E-state index contributed by atoms with van der Waals surface area (Å²) in [5.74, 6) is 0.456. The lowest BCUT2D eigenvalue weighted by atomic mass is 9.98. The first kappa shape index (κ1) is 20.8. The molecule has 0 radical (unpaired) electrons. The van der Waals surface area contributed by atoms with E-state index in [4.69, 9.17) is 9.15 Å². The van der Waals surface area contributed by atoms with E-state index >= 15 is 0 Å². The molecule has 0 saturated heterocycles. The van der Waals surface area contributed by atoms with E-state index < -0.39 is 6.04 Å². The van der Waals surface area contributed by atoms with Crippen molar-refractivity contribution >= 4 is 16.9 Å². The summed E-state index contributed by atoms with van der Waals surface area (Å²) < 4.78 is 11.7. The van der Waals surface area contributed by atoms with Gasteiger partial charge in [-0.05, 0) is 42.3 Å². The van der Waals surface area contributed by atoms with Crippen molar-refractivity contribution in [3.63, 3.8) is 0 Å². The predicted octanol–water partition coefficient (Wildman–Crippen LogP) is 5.41. The minimum absolute atomic E-state index is 0.105. The molecule has 33 heavy (non-hydrogen) atoms. The van der Waals surface area contributed by atoms with Gasteiger partial charge in [0.15, 0.2) is 5.43 Å². The van der Waals surface area contributed by atoms with E-state index in [1.807, 2.05) is 55.5 Å². The van der Waals surface area contributed by atoms with Crippen LogP contribution in [0, 0.1) is 6.92 Å². The Hall–Kier alpha value is -4.12. The number of fused-ring (bicyclic) bond motifs is 2. The average molecular weight is 437 g/mol. The van der Waals surface area contributed by atoms with Crippen LogP contribution < -0.4 is 10.2 Å². The maximum absolute atomic E-state index is 13.6. The van der Waals surface area contributed by atoms with Crippen molar-refractivity contribution in [1.82, 2.24) is 4.90 Å². The van der Waals surface area contributed by atoms with Gasteiger partial charge in [-0.1, -0.05) is 66.7 Å². The first-order chi connectivity index (χ1) is 16.1. The van der Waals surface area contributed by atoms with Crippen LogP contribution in [0.3, 0.4) is 0 Å². The molecule has 1 aliphatic rings. The molecule has 1 aromatic heterocycles. The van der Waals surface area contributed by atoms with Gasteiger partial charge in [-0.2, -0.15) is 0 Å². The third-order valence-electron chi connectivity index (χ3n) is 5.89. The maximum Gasteiger partial charge on any atom is 0.291 e. The van der Waals surface area contributed by atoms with Gasteiger partial charge in [0.25, 0.3) is 5.91 Å². The van der Waals surface area contributed by atoms with Gasteiger partial charge in [0.2, 0.25) is 5.76 Å². The molecular formula is C28H23NO4. The first-order valence-electron chi connectivity index (χ1n) is 10.8. The van der Waals surface area contributed by atoms with Crippen molar-refractivity contribution in [2.75, 3.05) is 6.61 Å². The number of hydrogen-bond acceptors (Lipinski definition) is 4. The highest BCUT2D eigenvalue weighted by Crippen LogP contribution is 2.40. The first-order valence-corrected chi connectivity index (χ1v) is 10.8. The molecule has 4 aromatic rings. The molecule has 0 N–H and O–H groups in total. The summed E-state index contributed by atoms with van der Waals surface area (Å²) in [4.78, 5) is 28.8. The zero-order valence-electron chi connectivity index (χ0n) is 18.3. The normalized spacial score (nSPS) is 15.0. The molecule has 2 heterocycles. The molecule has 1 unspecified atom stereocenters. The highest BCUT2D eigenvalue weighted by molar-refractivity contribution is 5.99. The minimum Gasteiger partial charge on any atom is -0.490 e. The Balaban J connectivity index is 1.68. The van der Waals surface area contributed by atoms with Crippen LogP contribution in [0.25, 0.3) is 11.0 Å². The molecule has 5 nitrogen and oxygen atoms in total. The van der Waals surface area contributed by atoms with E-state index in [2.05, 4.69) is 6.58 Å². The van der Waals surface area contributed by atoms with Gasteiger partial charge in [0.1, 0.15) is 17.9 Å². The van der Waals surface area contributed by atoms with Crippen LogP contribution >= 0.6 is 0 Å². The summed E-state index contributed by atoms with van der Waals surface area (Å²) in [6.45, 7) is 6.42. The Bertz CT molecular complexity index is 1420. The number of benzene rings is 3. The lowest BCUT2D eigenvalue weighted by Crippen LogP contribution is -2.29. The topological polar surface area (TPSA) is 59.8 Å². The van der Waals surface area contributed by atoms with Crippen LogP contribution in [0.5, 0.6) is 5.75 Å². The van der Waals surface area contributed by atoms with Crippen LogP contribution in [0.2, 0.25) is 0 Å². The van der Waals surface area contributed by atoms with E-state index in [-0.39, 0.29) is 17.1 Å². The zero-order valence-corrected chi connectivity index (χ0v) is 18.3. The van der Waals surface area contributed by atoms with Crippen molar-refractivity contribution in [1.29, 1.82) is 0 Å². The number of nitrogens with zero attached hydrogens (tertiary/aromatic N) is 1. The zero-order chi connectivity index (χ0) is 22.9. The molecule has 5 heteroatoms. The molecule has 0 aliphatic carbocycles. The molecular weight excluding hydrogens is 414 g/mol. The van der Waals surface area contributed by atoms with Crippen molar-refractivity contribution < 1.29 is 13.9 Å². The molecule has 0 saturated carbocycles. The van der Waals surface area contributed by atoms with Gasteiger partial charge in [0.05, 0.1) is 17.0 Å². The fraction of sp³-hybridized carbons (Fsp3) is 0.143. The van der Waals surface area contributed by atoms with Crippen molar-refractivity contribution in [3.05, 3.63) is 124 Å². The Morgan fingerprint density at radius 3 is 2.61 bits per heavy atom. The van der Waals surface area contributed by atoms with Crippen molar-refractivity contribution in [2.45, 2.75) is 19.5 Å². The van der Waals surface area contributed by atoms with Gasteiger partial charge in [-0.3, -0.25) is 9.59 Å². The summed E-state index contributed by atoms with van der Waals surface area (Å²) >= 11 is 0. The molecule has 1 atom stereocenters. The predicted molar refractivity (Wildman–Crippen MR) is 128 cm³/mol. The van der Waals surface area contributed by atoms with Crippen molar-refractivity contribution in [2.24, 2.45) is 0 Å². The van der Waals surface area contributed by atoms with Crippen molar-refractivity contribution in [3.8, 4) is 5.75 Å². The molecule has 1 amide bonds. The molecule has 0 spiro atoms. The number of carbonyl (C=O) groups excluding carboxylic acids is 1. The smallest absolute Gasteiger partial charge is 0.291 e. The number of hydrogen-bond donors (Lipinski definition) is 0. The highest BCUT2D eigenvalue weighted by atomic mass is 16.5. The van der Waals surface area contributed by atoms with Crippen LogP contribution in [0.1, 0.15) is 38.9 Å². The summed E-state index contributed by atoms with van der Waals surface area (Å²) in [6.07, 6.45) is 1.67. The standard InChI is InChI=1S/C28H23NO4/c1-3-15-32-21-8-6-7-20(16-21)25-24-26(30)22-9-4-5-10-23(22)33-27(24)28(31)29(25)17-19-13-11-18(2)12-14-19/h3-14,16,25H,1,15,17H2,2H3. The quantitative estimate of drug-likeness (QED) is 0.378. The minimum atomic E-state index is -0.582. The van der Waals surface area contributed by atoms with E-state index in [1.165, 1.54) is 0 Å². The highest BCUT2D eigenvalue weighted by Gasteiger charge is 2.42. The molecule has 1 aliphatic heterocycles. The van der Waals surface area contributed by atoms with E-state index in [9.17, 15) is 9.59 Å². The number of amides is 1. The molecule has 164 valence electrons. The largest absolute Gasteiger partial charge is 0.490 e. The van der Waals surface area contributed by atoms with Gasteiger partial charge in [-0.15, -0.1) is 0 Å². The monoisotopic (exact) mass is 437 g/mol. The Morgan fingerprint density at radius 2 is 1.82 bits per heavy atom. The van der Waals surface area contributed by atoms with E-state index in [0.29, 0.717) is 35.4 Å². The van der Waals surface area contributed by atoms with Crippen LogP contribution in [-0.4, -0.2) is 17.4 Å². The SMILES string of the molecule is C=CCOc1cccc(C2c3c(oc4ccccc4c3=O)C(=O)N2Cc2ccc(C)cc2)c1. The third-order valence-corrected chi connectivity index (χ3v) is 5.89. The number of ether oxygens (including phenoxy) is 1. The Labute approximate surface area is 191 Å². The maximum atomic E-state index is 13.6. The Kier molecular flexibility index (Phi) is 5.31. The second-order valence-electron chi connectivity index (χ2n) is 8.16. The van der Waals surface area contributed by atoms with Gasteiger partial charge < -0.3 is 14.1 Å². The number of carbonyl (C=O) groups is 1. The van der Waals surface area contributed by atoms with Gasteiger partial charge in [-0.25, -0.2) is 0 Å². The van der Waals surface area contributed by atoms with E-state index in [0.717, 1.165) is 16.7 Å². The molecule has 0 bridgehead atoms. The average Bonchev–Trinajstić information content (AvgIpc) is 3.11. The Morgan fingerprint density at radius 1 is 1.03 bits per heavy atom. The summed E-state index contributed by atoms with van der Waals surface area (Å²) in [6, 6.07) is 22.0. The summed E-state index contributed by atoms with van der Waals surface area (Å²) in [5.41, 5.74) is 3.50. The lowest BCUT2D eigenvalue weighted by Gasteiger charge is -2.25. The third kappa shape index (κ3) is 3.72. The fourth-order valence-corrected chi connectivity index (χ4v) is 4.30. The number of aryl methyl sites for hydroxylation is 1. The number of rotatable bonds is 6. The number of para-hydroxylation sites is 1. The lowest BCUT2D eigenvalue weighted by molar-refractivity contribution is 0.0714. The van der Waals surface area contributed by atoms with Gasteiger partial charge >= 0.3 is 0 Å². The second kappa shape index (κ2) is 8.43. The summed E-state index contributed by atoms with van der Waals surface area (Å²) in [7, 11) is 0.